The van der Waals surface area contributed by atoms with Crippen molar-refractivity contribution in [3.8, 4) is 33.6 Å². The summed E-state index contributed by atoms with van der Waals surface area (Å²) < 4.78 is 10.3. The van der Waals surface area contributed by atoms with E-state index in [0.717, 1.165) is 78.1 Å². The Hall–Kier alpha value is -5.75. The fourth-order valence-electron chi connectivity index (χ4n) is 7.86. The summed E-state index contributed by atoms with van der Waals surface area (Å²) >= 11 is 0. The van der Waals surface area contributed by atoms with Crippen LogP contribution in [0.2, 0.25) is 0 Å². The van der Waals surface area contributed by atoms with Gasteiger partial charge in [0.2, 0.25) is 5.91 Å². The summed E-state index contributed by atoms with van der Waals surface area (Å²) in [4.78, 5) is 59.3. The number of imidazole rings is 2. The van der Waals surface area contributed by atoms with Gasteiger partial charge in [0, 0.05) is 19.7 Å². The van der Waals surface area contributed by atoms with E-state index in [4.69, 9.17) is 19.4 Å². The number of nitrogens with zero attached hydrogens (tertiary/aromatic N) is 4. The highest BCUT2D eigenvalue weighted by Gasteiger charge is 2.38. The first-order valence-electron chi connectivity index (χ1n) is 18.4. The van der Waals surface area contributed by atoms with Gasteiger partial charge < -0.3 is 34.6 Å². The summed E-state index contributed by atoms with van der Waals surface area (Å²) in [5, 5.41) is 2.71. The average molecular weight is 714 g/mol. The second kappa shape index (κ2) is 15.1. The van der Waals surface area contributed by atoms with E-state index in [1.54, 1.807) is 4.90 Å². The molecule has 3 amide bonds. The molecule has 3 saturated heterocycles. The smallest absolute Gasteiger partial charge is 0.407 e. The van der Waals surface area contributed by atoms with E-state index in [1.807, 2.05) is 47.6 Å². The fraction of sp³-hybridized carbons (Fsp3) is 0.341. The van der Waals surface area contributed by atoms with Crippen molar-refractivity contribution in [2.75, 3.05) is 33.4 Å². The summed E-state index contributed by atoms with van der Waals surface area (Å²) in [6.45, 7) is 2.51. The van der Waals surface area contributed by atoms with Crippen LogP contribution >= 0.6 is 0 Å². The van der Waals surface area contributed by atoms with Gasteiger partial charge in [0.15, 0.2) is 0 Å². The van der Waals surface area contributed by atoms with Crippen molar-refractivity contribution in [1.29, 1.82) is 0 Å². The van der Waals surface area contributed by atoms with Crippen LogP contribution in [0.15, 0.2) is 91.3 Å². The van der Waals surface area contributed by atoms with E-state index < -0.39 is 12.1 Å². The fourth-order valence-corrected chi connectivity index (χ4v) is 7.86. The van der Waals surface area contributed by atoms with Gasteiger partial charge in [-0.05, 0) is 59.9 Å². The van der Waals surface area contributed by atoms with Crippen molar-refractivity contribution in [2.24, 2.45) is 5.92 Å². The Balaban J connectivity index is 0.929. The van der Waals surface area contributed by atoms with E-state index in [0.29, 0.717) is 31.1 Å². The maximum Gasteiger partial charge on any atom is 0.407 e. The van der Waals surface area contributed by atoms with Crippen molar-refractivity contribution in [1.82, 2.24) is 35.1 Å². The lowest BCUT2D eigenvalue weighted by atomic mass is 10.0. The highest BCUT2D eigenvalue weighted by molar-refractivity contribution is 5.87. The number of ether oxygens (including phenoxy) is 2. The Labute approximate surface area is 307 Å². The largest absolute Gasteiger partial charge is 0.453 e. The molecule has 272 valence electrons. The van der Waals surface area contributed by atoms with Crippen LogP contribution in [-0.4, -0.2) is 81.1 Å². The lowest BCUT2D eigenvalue weighted by molar-refractivity contribution is -0.136. The zero-order valence-corrected chi connectivity index (χ0v) is 29.7. The molecule has 2 aromatic heterocycles. The van der Waals surface area contributed by atoms with Crippen LogP contribution < -0.4 is 5.32 Å². The first-order chi connectivity index (χ1) is 26.0. The molecule has 0 spiro atoms. The first-order valence-corrected chi connectivity index (χ1v) is 18.4. The van der Waals surface area contributed by atoms with Crippen LogP contribution in [-0.2, 0) is 19.1 Å². The average Bonchev–Trinajstić information content (AvgIpc) is 4.06. The Morgan fingerprint density at radius 3 is 1.85 bits per heavy atom. The van der Waals surface area contributed by atoms with Gasteiger partial charge in [-0.2, -0.15) is 0 Å². The molecule has 0 bridgehead atoms. The van der Waals surface area contributed by atoms with Crippen LogP contribution in [0.4, 0.5) is 4.79 Å². The number of nitrogens with one attached hydrogen (secondary N) is 3. The number of benzene rings is 3. The standard InChI is InChI=1S/C41H43N7O5/c1-52-41(51)46-36(30-7-3-2-4-8-30)40(50)48-21-6-10-35(48)38-43-24-33(45-38)29-17-13-27(14-18-29)26-11-15-28(16-12-26)32-23-42-37(44-32)34-9-5-20-47(34)39(49)31-19-22-53-25-31/h2-4,7-8,11-18,23-24,31,34-36H,5-6,9-10,19-22,25H2,1H3,(H,42,44)(H,43,45)(H,46,51)/t31?,34-,35-,36+/m0/s1. The number of aromatic nitrogens is 4. The molecule has 3 aromatic carbocycles. The predicted octanol–water partition coefficient (Wildman–Crippen LogP) is 6.59. The lowest BCUT2D eigenvalue weighted by Crippen LogP contribution is -2.42. The number of hydrogen-bond acceptors (Lipinski definition) is 7. The molecule has 3 fully saturated rings. The Kier molecular flexibility index (Phi) is 9.77. The molecule has 0 aliphatic carbocycles. The van der Waals surface area contributed by atoms with Gasteiger partial charge >= 0.3 is 6.09 Å². The Morgan fingerprint density at radius 1 is 0.755 bits per heavy atom. The van der Waals surface area contributed by atoms with Gasteiger partial charge in [-0.15, -0.1) is 0 Å². The second-order valence-corrected chi connectivity index (χ2v) is 13.9. The third-order valence-electron chi connectivity index (χ3n) is 10.7. The van der Waals surface area contributed by atoms with Crippen LogP contribution in [0.3, 0.4) is 0 Å². The van der Waals surface area contributed by atoms with Gasteiger partial charge in [-0.3, -0.25) is 9.59 Å². The topological polar surface area (TPSA) is 146 Å². The molecule has 5 heterocycles. The summed E-state index contributed by atoms with van der Waals surface area (Å²) in [5.41, 5.74) is 6.67. The molecule has 1 unspecified atom stereocenters. The molecule has 53 heavy (non-hydrogen) atoms. The quantitative estimate of drug-likeness (QED) is 0.156. The van der Waals surface area contributed by atoms with Gasteiger partial charge in [0.05, 0.1) is 55.5 Å². The normalized spacial score (nSPS) is 20.4. The predicted molar refractivity (Wildman–Crippen MR) is 198 cm³/mol. The molecule has 8 rings (SSSR count). The number of amides is 3. The number of carbonyl (C=O) groups is 3. The maximum atomic E-state index is 13.9. The zero-order chi connectivity index (χ0) is 36.3. The highest BCUT2D eigenvalue weighted by atomic mass is 16.5. The molecule has 5 aromatic rings. The number of H-pyrrole nitrogens is 2. The summed E-state index contributed by atoms with van der Waals surface area (Å²) in [6, 6.07) is 24.8. The van der Waals surface area contributed by atoms with Crippen molar-refractivity contribution in [3.63, 3.8) is 0 Å². The number of carbonyl (C=O) groups excluding carboxylic acids is 3. The molecule has 12 nitrogen and oxygen atoms in total. The highest BCUT2D eigenvalue weighted by Crippen LogP contribution is 2.36. The van der Waals surface area contributed by atoms with Crippen molar-refractivity contribution in [2.45, 2.75) is 50.2 Å². The second-order valence-electron chi connectivity index (χ2n) is 13.9. The van der Waals surface area contributed by atoms with E-state index >= 15 is 0 Å². The maximum absolute atomic E-state index is 13.9. The SMILES string of the molecule is COC(=O)N[C@@H](C(=O)N1CCC[C@H]1c1ncc(-c2ccc(-c3ccc(-c4cnc([C@@H]5CCCN5C(=O)C5CCOC5)[nH]4)cc3)cc2)[nH]1)c1ccccc1. The van der Waals surface area contributed by atoms with Crippen LogP contribution in [0.25, 0.3) is 33.6 Å². The van der Waals surface area contributed by atoms with E-state index in [2.05, 4.69) is 63.8 Å². The third-order valence-corrected chi connectivity index (χ3v) is 10.7. The third kappa shape index (κ3) is 7.06. The molecular weight excluding hydrogens is 670 g/mol. The Bertz CT molecular complexity index is 2050. The minimum Gasteiger partial charge on any atom is -0.453 e. The molecule has 3 N–H and O–H groups in total. The van der Waals surface area contributed by atoms with E-state index in [-0.39, 0.29) is 29.8 Å². The van der Waals surface area contributed by atoms with Crippen LogP contribution in [0, 0.1) is 5.92 Å². The van der Waals surface area contributed by atoms with Gasteiger partial charge in [-0.25, -0.2) is 14.8 Å². The first kappa shape index (κ1) is 34.3. The summed E-state index contributed by atoms with van der Waals surface area (Å²) in [5.74, 6) is 1.50. The van der Waals surface area contributed by atoms with Gasteiger partial charge in [0.25, 0.3) is 5.91 Å². The van der Waals surface area contributed by atoms with Gasteiger partial charge in [-0.1, -0.05) is 78.9 Å². The van der Waals surface area contributed by atoms with E-state index in [1.165, 1.54) is 7.11 Å². The van der Waals surface area contributed by atoms with Crippen molar-refractivity contribution in [3.05, 3.63) is 108 Å². The molecule has 12 heteroatoms. The van der Waals surface area contributed by atoms with Crippen molar-refractivity contribution < 1.29 is 23.9 Å². The molecule has 3 aliphatic heterocycles. The summed E-state index contributed by atoms with van der Waals surface area (Å²) in [6.07, 6.45) is 7.28. The summed E-state index contributed by atoms with van der Waals surface area (Å²) in [7, 11) is 1.29. The molecule has 4 atom stereocenters. The molecule has 3 aliphatic rings. The van der Waals surface area contributed by atoms with Crippen molar-refractivity contribution >= 4 is 17.9 Å². The lowest BCUT2D eigenvalue weighted by Gasteiger charge is -2.28. The number of aromatic amines is 2. The van der Waals surface area contributed by atoms with E-state index in [9.17, 15) is 14.4 Å². The number of methoxy groups -OCH3 is 1. The molecule has 0 radical (unpaired) electrons. The van der Waals surface area contributed by atoms with Crippen LogP contribution in [0.5, 0.6) is 0 Å². The Morgan fingerprint density at radius 2 is 1.30 bits per heavy atom. The van der Waals surface area contributed by atoms with Crippen LogP contribution in [0.1, 0.15) is 67.4 Å². The number of alkyl carbamates (subject to hydrolysis) is 1. The zero-order valence-electron chi connectivity index (χ0n) is 29.7. The monoisotopic (exact) mass is 713 g/mol. The minimum absolute atomic E-state index is 0.0255. The number of rotatable bonds is 9. The number of likely N-dealkylation sites (tertiary alicyclic amines) is 2. The van der Waals surface area contributed by atoms with Gasteiger partial charge in [0.1, 0.15) is 17.7 Å². The molecular formula is C41H43N7O5. The number of hydrogen-bond donors (Lipinski definition) is 3. The molecule has 0 saturated carbocycles. The minimum atomic E-state index is -0.866.